The third-order valence-electron chi connectivity index (χ3n) is 1.87. The van der Waals surface area contributed by atoms with Gasteiger partial charge in [-0.05, 0) is 25.4 Å². The van der Waals surface area contributed by atoms with Crippen molar-refractivity contribution in [1.29, 1.82) is 0 Å². The van der Waals surface area contributed by atoms with E-state index < -0.39 is 12.0 Å². The second-order valence-electron chi connectivity index (χ2n) is 2.77. The molecule has 13 heavy (non-hydrogen) atoms. The van der Waals surface area contributed by atoms with E-state index in [1.165, 1.54) is 0 Å². The summed E-state index contributed by atoms with van der Waals surface area (Å²) < 4.78 is -0.745. The Kier molecular flexibility index (Phi) is 2.73. The van der Waals surface area contributed by atoms with Crippen molar-refractivity contribution in [2.45, 2.75) is 9.19 Å². The normalized spacial score (nSPS) is 30.2. The molecular formula is C8H5Cl4P. The van der Waals surface area contributed by atoms with Crippen molar-refractivity contribution in [1.82, 2.24) is 0 Å². The highest BCUT2D eigenvalue weighted by Gasteiger charge is 2.63. The first-order valence-corrected chi connectivity index (χ1v) is 6.58. The second-order valence-corrected chi connectivity index (χ2v) is 8.34. The first-order chi connectivity index (χ1) is 6.03. The van der Waals surface area contributed by atoms with Gasteiger partial charge in [0.15, 0.2) is 4.07 Å². The number of halogens is 4. The lowest BCUT2D eigenvalue weighted by Crippen LogP contribution is -1.94. The van der Waals surface area contributed by atoms with Crippen LogP contribution in [0.5, 0.6) is 0 Å². The molecule has 0 spiro atoms. The second kappa shape index (κ2) is 3.43. The number of hydrogen-bond donors (Lipinski definition) is 0. The number of alkyl halides is 3. The molecule has 0 nitrogen and oxygen atoms in total. The quantitative estimate of drug-likeness (QED) is 0.533. The van der Waals surface area contributed by atoms with Gasteiger partial charge in [-0.3, -0.25) is 0 Å². The van der Waals surface area contributed by atoms with E-state index in [1.54, 1.807) is 0 Å². The van der Waals surface area contributed by atoms with Crippen molar-refractivity contribution in [3.05, 3.63) is 29.3 Å². The smallest absolute Gasteiger partial charge is 0.114 e. The van der Waals surface area contributed by atoms with Gasteiger partial charge in [0.05, 0.1) is 5.12 Å². The highest BCUT2D eigenvalue weighted by Crippen LogP contribution is 2.80. The maximum absolute atomic E-state index is 5.96. The Morgan fingerprint density at radius 1 is 1.15 bits per heavy atom. The Balaban J connectivity index is 2.25. The number of rotatable bonds is 1. The first-order valence-electron chi connectivity index (χ1n) is 3.60. The molecule has 0 aromatic heterocycles. The van der Waals surface area contributed by atoms with Crippen molar-refractivity contribution < 1.29 is 0 Å². The first kappa shape index (κ1) is 10.3. The Labute approximate surface area is 97.9 Å². The molecule has 2 atom stereocenters. The minimum Gasteiger partial charge on any atom is -0.114 e. The van der Waals surface area contributed by atoms with Crippen LogP contribution in [0, 0.1) is 0 Å². The summed E-state index contributed by atoms with van der Waals surface area (Å²) in [5, 5.41) is 1.68. The van der Waals surface area contributed by atoms with Gasteiger partial charge in [-0.2, -0.15) is 0 Å². The van der Waals surface area contributed by atoms with Gasteiger partial charge in [0.2, 0.25) is 0 Å². The average Bonchev–Trinajstić information content (AvgIpc) is 2.55. The van der Waals surface area contributed by atoms with Crippen LogP contribution in [0.3, 0.4) is 0 Å². The molecule has 2 unspecified atom stereocenters. The molecule has 1 fully saturated rings. The molecule has 1 aromatic rings. The Hall–Kier alpha value is 0.810. The monoisotopic (exact) mass is 272 g/mol. The van der Waals surface area contributed by atoms with Gasteiger partial charge in [-0.25, -0.2) is 0 Å². The molecule has 1 aliphatic rings. The molecule has 1 aromatic carbocycles. The van der Waals surface area contributed by atoms with Crippen molar-refractivity contribution in [3.8, 4) is 0 Å². The van der Waals surface area contributed by atoms with E-state index in [-0.39, 0.29) is 5.12 Å². The van der Waals surface area contributed by atoms with Crippen LogP contribution in [0.2, 0.25) is 5.02 Å². The van der Waals surface area contributed by atoms with Crippen LogP contribution in [0.25, 0.3) is 0 Å². The van der Waals surface area contributed by atoms with Crippen LogP contribution in [0.1, 0.15) is 0 Å². The summed E-state index contributed by atoms with van der Waals surface area (Å²) in [5.74, 6) is 0. The van der Waals surface area contributed by atoms with Crippen LogP contribution in [0.15, 0.2) is 24.3 Å². The zero-order valence-electron chi connectivity index (χ0n) is 6.35. The number of benzene rings is 1. The predicted octanol–water partition coefficient (Wildman–Crippen LogP) is 4.16. The van der Waals surface area contributed by atoms with E-state index in [0.717, 1.165) is 5.30 Å². The third kappa shape index (κ3) is 1.80. The van der Waals surface area contributed by atoms with E-state index in [0.29, 0.717) is 5.02 Å². The Morgan fingerprint density at radius 3 is 2.00 bits per heavy atom. The third-order valence-corrected chi connectivity index (χ3v) is 7.56. The number of hydrogen-bond acceptors (Lipinski definition) is 0. The van der Waals surface area contributed by atoms with E-state index in [2.05, 4.69) is 0 Å². The summed E-state index contributed by atoms with van der Waals surface area (Å²) in [7, 11) is -0.625. The van der Waals surface area contributed by atoms with Crippen LogP contribution in [-0.2, 0) is 0 Å². The summed E-state index contributed by atoms with van der Waals surface area (Å²) >= 11 is 23.6. The lowest BCUT2D eigenvalue weighted by atomic mass is 10.4. The standard InChI is InChI=1S/C8H5Cl4P/c9-5-1-3-6(4-2-5)13-7(10)8(13,11)12/h1-4,7H. The minimum absolute atomic E-state index is 0.132. The van der Waals surface area contributed by atoms with Gasteiger partial charge in [0, 0.05) is 5.02 Å². The van der Waals surface area contributed by atoms with Crippen molar-refractivity contribution in [3.63, 3.8) is 0 Å². The van der Waals surface area contributed by atoms with Crippen molar-refractivity contribution in [2.24, 2.45) is 0 Å². The predicted molar refractivity (Wildman–Crippen MR) is 62.1 cm³/mol. The van der Waals surface area contributed by atoms with Gasteiger partial charge in [-0.1, -0.05) is 46.9 Å². The largest absolute Gasteiger partial charge is 0.162 e. The topological polar surface area (TPSA) is 0 Å². The summed E-state index contributed by atoms with van der Waals surface area (Å²) in [6.07, 6.45) is 0. The summed E-state index contributed by atoms with van der Waals surface area (Å²) in [6.45, 7) is 0. The minimum atomic E-state index is -0.745. The van der Waals surface area contributed by atoms with Gasteiger partial charge >= 0.3 is 0 Å². The lowest BCUT2D eigenvalue weighted by Gasteiger charge is -1.99. The van der Waals surface area contributed by atoms with Crippen molar-refractivity contribution >= 4 is 59.6 Å². The molecule has 1 heterocycles. The maximum atomic E-state index is 5.96. The molecule has 0 amide bonds. The molecule has 0 radical (unpaired) electrons. The highest BCUT2D eigenvalue weighted by molar-refractivity contribution is 7.82. The van der Waals surface area contributed by atoms with Crippen LogP contribution < -0.4 is 5.30 Å². The fourth-order valence-electron chi connectivity index (χ4n) is 1.12. The molecule has 0 N–H and O–H groups in total. The van der Waals surface area contributed by atoms with E-state index in [4.69, 9.17) is 46.4 Å². The molecule has 1 saturated heterocycles. The van der Waals surface area contributed by atoms with Gasteiger partial charge in [-0.15, -0.1) is 11.6 Å². The molecule has 70 valence electrons. The van der Waals surface area contributed by atoms with Crippen molar-refractivity contribution in [2.75, 3.05) is 0 Å². The molecule has 1 aliphatic heterocycles. The average molecular weight is 274 g/mol. The zero-order valence-corrected chi connectivity index (χ0v) is 10.3. The maximum Gasteiger partial charge on any atom is 0.162 e. The van der Waals surface area contributed by atoms with E-state index in [1.807, 2.05) is 24.3 Å². The van der Waals surface area contributed by atoms with E-state index >= 15 is 0 Å². The summed E-state index contributed by atoms with van der Waals surface area (Å²) in [5.41, 5.74) is 0. The zero-order chi connectivity index (χ0) is 9.64. The SMILES string of the molecule is Clc1ccc(P2C(Cl)C2(Cl)Cl)cc1. The van der Waals surface area contributed by atoms with E-state index in [9.17, 15) is 0 Å². The fraction of sp³-hybridized carbons (Fsp3) is 0.250. The lowest BCUT2D eigenvalue weighted by molar-refractivity contribution is 1.39. The summed E-state index contributed by atoms with van der Waals surface area (Å²) in [4.78, 5) is 0. The molecular weight excluding hydrogens is 269 g/mol. The van der Waals surface area contributed by atoms with Gasteiger partial charge < -0.3 is 0 Å². The molecule has 5 heteroatoms. The molecule has 2 rings (SSSR count). The van der Waals surface area contributed by atoms with Crippen LogP contribution >= 0.6 is 54.3 Å². The van der Waals surface area contributed by atoms with Gasteiger partial charge in [0.25, 0.3) is 0 Å². The van der Waals surface area contributed by atoms with Gasteiger partial charge in [0.1, 0.15) is 0 Å². The molecule has 0 saturated carbocycles. The summed E-state index contributed by atoms with van der Waals surface area (Å²) in [6, 6.07) is 7.50. The Bertz CT molecular complexity index is 321. The molecule has 0 bridgehead atoms. The highest BCUT2D eigenvalue weighted by atomic mass is 35.5. The van der Waals surface area contributed by atoms with Crippen LogP contribution in [0.4, 0.5) is 0 Å². The fourth-order valence-corrected chi connectivity index (χ4v) is 5.64. The molecule has 0 aliphatic carbocycles. The Morgan fingerprint density at radius 2 is 1.62 bits per heavy atom. The van der Waals surface area contributed by atoms with Crippen LogP contribution in [-0.4, -0.2) is 9.19 Å².